The number of rotatable bonds is 4. The molecule has 0 spiro atoms. The second-order valence-electron chi connectivity index (χ2n) is 9.42. The van der Waals surface area contributed by atoms with E-state index >= 15 is 0 Å². The van der Waals surface area contributed by atoms with Crippen LogP contribution in [-0.4, -0.2) is 53.8 Å². The van der Waals surface area contributed by atoms with Crippen LogP contribution >= 0.6 is 0 Å². The molecule has 2 aliphatic rings. The monoisotopic (exact) mass is 385 g/mol. The van der Waals surface area contributed by atoms with Crippen LogP contribution in [0.15, 0.2) is 24.3 Å². The van der Waals surface area contributed by atoms with E-state index in [9.17, 15) is 9.59 Å². The predicted molar refractivity (Wildman–Crippen MR) is 113 cm³/mol. The van der Waals surface area contributed by atoms with Gasteiger partial charge in [0.15, 0.2) is 0 Å². The van der Waals surface area contributed by atoms with Gasteiger partial charge in [0.25, 0.3) is 0 Å². The molecule has 1 aliphatic carbocycles. The lowest BCUT2D eigenvalue weighted by Crippen LogP contribution is -2.58. The maximum atomic E-state index is 13.2. The molecule has 5 nitrogen and oxygen atoms in total. The van der Waals surface area contributed by atoms with E-state index in [4.69, 9.17) is 0 Å². The third-order valence-corrected chi connectivity index (χ3v) is 6.07. The van der Waals surface area contributed by atoms with Gasteiger partial charge < -0.3 is 10.2 Å². The molecule has 0 radical (unpaired) electrons. The smallest absolute Gasteiger partial charge is 0.242 e. The maximum Gasteiger partial charge on any atom is 0.242 e. The molecule has 28 heavy (non-hydrogen) atoms. The van der Waals surface area contributed by atoms with Gasteiger partial charge in [0.2, 0.25) is 11.8 Å². The van der Waals surface area contributed by atoms with E-state index in [0.717, 1.165) is 31.6 Å². The number of hydrogen-bond donors (Lipinski definition) is 1. The largest absolute Gasteiger partial charge is 0.340 e. The molecule has 1 aromatic carbocycles. The molecule has 154 valence electrons. The van der Waals surface area contributed by atoms with Crippen molar-refractivity contribution in [3.63, 3.8) is 0 Å². The van der Waals surface area contributed by atoms with Crippen LogP contribution in [0, 0.1) is 18.3 Å². The van der Waals surface area contributed by atoms with Crippen molar-refractivity contribution in [1.29, 1.82) is 0 Å². The van der Waals surface area contributed by atoms with Crippen LogP contribution in [0.1, 0.15) is 52.0 Å². The molecule has 1 saturated heterocycles. The van der Waals surface area contributed by atoms with Gasteiger partial charge in [0.05, 0.1) is 6.04 Å². The van der Waals surface area contributed by atoms with Crippen LogP contribution in [0.3, 0.4) is 0 Å². The van der Waals surface area contributed by atoms with E-state index in [0.29, 0.717) is 19.0 Å². The summed E-state index contributed by atoms with van der Waals surface area (Å²) < 4.78 is 0. The molecular weight excluding hydrogens is 350 g/mol. The highest BCUT2D eigenvalue weighted by molar-refractivity contribution is 5.95. The fraction of sp³-hybridized carbons (Fsp3) is 0.652. The summed E-state index contributed by atoms with van der Waals surface area (Å²) in [4.78, 5) is 30.1. The van der Waals surface area contributed by atoms with Crippen molar-refractivity contribution in [3.8, 4) is 0 Å². The number of amides is 2. The number of carbonyl (C=O) groups excluding carboxylic acids is 2. The van der Waals surface area contributed by atoms with Gasteiger partial charge in [-0.25, -0.2) is 0 Å². The summed E-state index contributed by atoms with van der Waals surface area (Å²) >= 11 is 0. The Balaban J connectivity index is 1.68. The van der Waals surface area contributed by atoms with Gasteiger partial charge in [0, 0.05) is 37.3 Å². The lowest BCUT2D eigenvalue weighted by molar-refractivity contribution is -0.142. The summed E-state index contributed by atoms with van der Waals surface area (Å²) in [5.41, 5.74) is 1.70. The number of benzene rings is 1. The minimum absolute atomic E-state index is 0.101. The van der Waals surface area contributed by atoms with Crippen molar-refractivity contribution in [1.82, 2.24) is 9.80 Å². The van der Waals surface area contributed by atoms with Gasteiger partial charge in [-0.05, 0) is 37.8 Å². The number of hydrogen-bond acceptors (Lipinski definition) is 3. The zero-order valence-corrected chi connectivity index (χ0v) is 17.8. The van der Waals surface area contributed by atoms with Crippen LogP contribution in [-0.2, 0) is 9.59 Å². The van der Waals surface area contributed by atoms with Crippen molar-refractivity contribution in [2.75, 3.05) is 31.5 Å². The van der Waals surface area contributed by atoms with Gasteiger partial charge in [-0.1, -0.05) is 51.3 Å². The molecule has 5 heteroatoms. The van der Waals surface area contributed by atoms with Gasteiger partial charge in [-0.2, -0.15) is 0 Å². The molecule has 2 amide bonds. The molecule has 0 aromatic heterocycles. The summed E-state index contributed by atoms with van der Waals surface area (Å²) in [6.45, 7) is 10.9. The van der Waals surface area contributed by atoms with Crippen LogP contribution in [0.5, 0.6) is 0 Å². The van der Waals surface area contributed by atoms with E-state index < -0.39 is 0 Å². The van der Waals surface area contributed by atoms with Crippen LogP contribution in [0.2, 0.25) is 0 Å². The van der Waals surface area contributed by atoms with E-state index in [1.54, 1.807) is 0 Å². The number of piperazine rings is 1. The predicted octanol–water partition coefficient (Wildman–Crippen LogP) is 3.68. The molecule has 3 rings (SSSR count). The minimum atomic E-state index is -0.351. The second-order valence-corrected chi connectivity index (χ2v) is 9.42. The number of aryl methyl sites for hydroxylation is 1. The zero-order chi connectivity index (χ0) is 20.3. The molecule has 1 N–H and O–H groups in total. The zero-order valence-electron chi connectivity index (χ0n) is 17.8. The minimum Gasteiger partial charge on any atom is -0.340 e. The van der Waals surface area contributed by atoms with E-state index in [1.165, 1.54) is 18.4 Å². The Kier molecular flexibility index (Phi) is 6.43. The first kappa shape index (κ1) is 20.8. The fourth-order valence-corrected chi connectivity index (χ4v) is 4.48. The lowest BCUT2D eigenvalue weighted by Gasteiger charge is -2.42. The standard InChI is InChI=1S/C23H35N3O2/c1-17-9-11-19(12-10-17)24-21(27)20(18-7-5-6-8-18)25-13-15-26(16-14-25)22(28)23(2,3)4/h9-12,18,20H,5-8,13-16H2,1-4H3,(H,24,27)/t20-/m0/s1. The number of anilines is 1. The molecule has 2 fully saturated rings. The summed E-state index contributed by atoms with van der Waals surface area (Å²) in [5, 5.41) is 3.14. The Morgan fingerprint density at radius 1 is 1.00 bits per heavy atom. The number of carbonyl (C=O) groups is 2. The quantitative estimate of drug-likeness (QED) is 0.860. The fourth-order valence-electron chi connectivity index (χ4n) is 4.48. The summed E-state index contributed by atoms with van der Waals surface area (Å²) in [5.74, 6) is 0.718. The summed E-state index contributed by atoms with van der Waals surface area (Å²) in [6, 6.07) is 7.89. The molecular formula is C23H35N3O2. The molecule has 1 heterocycles. The molecule has 1 saturated carbocycles. The second kappa shape index (κ2) is 8.64. The first-order valence-electron chi connectivity index (χ1n) is 10.7. The number of nitrogens with zero attached hydrogens (tertiary/aromatic N) is 2. The lowest BCUT2D eigenvalue weighted by atomic mass is 9.93. The Hall–Kier alpha value is -1.88. The number of nitrogens with one attached hydrogen (secondary N) is 1. The van der Waals surface area contributed by atoms with Gasteiger partial charge in [-0.15, -0.1) is 0 Å². The van der Waals surface area contributed by atoms with Crippen molar-refractivity contribution >= 4 is 17.5 Å². The first-order valence-corrected chi connectivity index (χ1v) is 10.7. The molecule has 1 aliphatic heterocycles. The van der Waals surface area contributed by atoms with Gasteiger partial charge in [0.1, 0.15) is 0 Å². The average Bonchev–Trinajstić information content (AvgIpc) is 3.17. The van der Waals surface area contributed by atoms with Crippen molar-refractivity contribution in [3.05, 3.63) is 29.8 Å². The molecule has 0 bridgehead atoms. The van der Waals surface area contributed by atoms with E-state index in [2.05, 4.69) is 10.2 Å². The Bertz CT molecular complexity index is 679. The Morgan fingerprint density at radius 3 is 2.11 bits per heavy atom. The third kappa shape index (κ3) is 4.93. The third-order valence-electron chi connectivity index (χ3n) is 6.07. The summed E-state index contributed by atoms with van der Waals surface area (Å²) in [7, 11) is 0. The summed E-state index contributed by atoms with van der Waals surface area (Å²) in [6.07, 6.45) is 4.66. The molecule has 1 atom stereocenters. The van der Waals surface area contributed by atoms with Gasteiger partial charge in [-0.3, -0.25) is 14.5 Å². The Labute approximate surface area is 169 Å². The maximum absolute atomic E-state index is 13.2. The van der Waals surface area contributed by atoms with E-state index in [-0.39, 0.29) is 23.3 Å². The van der Waals surface area contributed by atoms with Crippen LogP contribution < -0.4 is 5.32 Å². The first-order chi connectivity index (χ1) is 13.3. The normalized spacial score (nSPS) is 20.2. The van der Waals surface area contributed by atoms with Crippen molar-refractivity contribution in [2.24, 2.45) is 11.3 Å². The average molecular weight is 386 g/mol. The van der Waals surface area contributed by atoms with Crippen LogP contribution in [0.4, 0.5) is 5.69 Å². The van der Waals surface area contributed by atoms with E-state index in [1.807, 2.05) is 56.9 Å². The molecule has 1 aromatic rings. The SMILES string of the molecule is Cc1ccc(NC(=O)[C@H](C2CCCC2)N2CCN(C(=O)C(C)(C)C)CC2)cc1. The highest BCUT2D eigenvalue weighted by Crippen LogP contribution is 2.32. The van der Waals surface area contributed by atoms with Crippen LogP contribution in [0.25, 0.3) is 0 Å². The van der Waals surface area contributed by atoms with Crippen molar-refractivity contribution in [2.45, 2.75) is 59.4 Å². The van der Waals surface area contributed by atoms with Crippen molar-refractivity contribution < 1.29 is 9.59 Å². The Morgan fingerprint density at radius 2 is 1.57 bits per heavy atom. The highest BCUT2D eigenvalue weighted by atomic mass is 16.2. The topological polar surface area (TPSA) is 52.7 Å². The highest BCUT2D eigenvalue weighted by Gasteiger charge is 2.38. The van der Waals surface area contributed by atoms with Gasteiger partial charge >= 0.3 is 0 Å². The molecule has 0 unspecified atom stereocenters.